The first-order chi connectivity index (χ1) is 14.8. The fourth-order valence-corrected chi connectivity index (χ4v) is 5.61. The molecule has 2 aromatic rings. The first-order valence-corrected chi connectivity index (χ1v) is 12.1. The molecular formula is C22H24ClN3O4S. The average Bonchev–Trinajstić information content (AvgIpc) is 3.17. The Labute approximate surface area is 187 Å². The summed E-state index contributed by atoms with van der Waals surface area (Å²) in [5, 5.41) is 3.38. The fourth-order valence-electron chi connectivity index (χ4n) is 3.96. The van der Waals surface area contributed by atoms with Gasteiger partial charge in [0.2, 0.25) is 21.8 Å². The van der Waals surface area contributed by atoms with E-state index in [0.717, 1.165) is 19.3 Å². The van der Waals surface area contributed by atoms with Crippen LogP contribution in [-0.2, 0) is 19.6 Å². The van der Waals surface area contributed by atoms with Crippen LogP contribution in [0.4, 0.5) is 11.4 Å². The number of halogens is 1. The van der Waals surface area contributed by atoms with Gasteiger partial charge in [-0.25, -0.2) is 8.42 Å². The predicted octanol–water partition coefficient (Wildman–Crippen LogP) is 3.51. The lowest BCUT2D eigenvalue weighted by molar-refractivity contribution is -0.122. The molecule has 0 unspecified atom stereocenters. The van der Waals surface area contributed by atoms with E-state index < -0.39 is 15.9 Å². The number of nitrogens with one attached hydrogen (secondary N) is 1. The second-order valence-electron chi connectivity index (χ2n) is 7.86. The quantitative estimate of drug-likeness (QED) is 0.738. The van der Waals surface area contributed by atoms with Gasteiger partial charge in [-0.3, -0.25) is 9.59 Å². The van der Waals surface area contributed by atoms with Gasteiger partial charge in [0.15, 0.2) is 0 Å². The third-order valence-electron chi connectivity index (χ3n) is 5.71. The molecule has 2 amide bonds. The van der Waals surface area contributed by atoms with E-state index in [9.17, 15) is 18.0 Å². The van der Waals surface area contributed by atoms with Gasteiger partial charge in [-0.05, 0) is 61.4 Å². The summed E-state index contributed by atoms with van der Waals surface area (Å²) in [5.41, 5.74) is 1.21. The second-order valence-corrected chi connectivity index (χ2v) is 10.2. The molecule has 2 fully saturated rings. The highest BCUT2D eigenvalue weighted by Crippen LogP contribution is 2.28. The number of hydrogen-bond donors (Lipinski definition) is 1. The average molecular weight is 462 g/mol. The zero-order valence-electron chi connectivity index (χ0n) is 17.0. The lowest BCUT2D eigenvalue weighted by Crippen LogP contribution is -2.35. The molecule has 0 aromatic heterocycles. The second kappa shape index (κ2) is 8.98. The molecule has 0 bridgehead atoms. The molecule has 2 saturated heterocycles. The van der Waals surface area contributed by atoms with Gasteiger partial charge in [-0.15, -0.1) is 0 Å². The van der Waals surface area contributed by atoms with Gasteiger partial charge in [-0.1, -0.05) is 18.0 Å². The molecule has 0 aliphatic carbocycles. The van der Waals surface area contributed by atoms with E-state index in [-0.39, 0.29) is 29.7 Å². The minimum absolute atomic E-state index is 0.120. The van der Waals surface area contributed by atoms with Crippen molar-refractivity contribution < 1.29 is 18.0 Å². The summed E-state index contributed by atoms with van der Waals surface area (Å²) < 4.78 is 27.0. The number of rotatable bonds is 5. The van der Waals surface area contributed by atoms with Crippen LogP contribution in [0.1, 0.15) is 25.7 Å². The highest BCUT2D eigenvalue weighted by Gasteiger charge is 2.35. The van der Waals surface area contributed by atoms with Crippen LogP contribution in [0.25, 0.3) is 0 Å². The van der Waals surface area contributed by atoms with Gasteiger partial charge in [0.25, 0.3) is 0 Å². The van der Waals surface area contributed by atoms with Crippen LogP contribution in [0, 0.1) is 5.92 Å². The lowest BCUT2D eigenvalue weighted by Gasteiger charge is -2.25. The van der Waals surface area contributed by atoms with Crippen LogP contribution < -0.4 is 10.2 Å². The SMILES string of the molecule is O=C(Nc1ccc(S(=O)(=O)N2CCCCC2)cc1)[C@H]1CC(=O)N(c2ccc(Cl)cc2)C1. The molecule has 31 heavy (non-hydrogen) atoms. The van der Waals surface area contributed by atoms with E-state index in [2.05, 4.69) is 5.32 Å². The summed E-state index contributed by atoms with van der Waals surface area (Å²) in [4.78, 5) is 26.9. The van der Waals surface area contributed by atoms with Crippen LogP contribution >= 0.6 is 11.6 Å². The summed E-state index contributed by atoms with van der Waals surface area (Å²) in [7, 11) is -3.51. The molecule has 9 heteroatoms. The van der Waals surface area contributed by atoms with Crippen molar-refractivity contribution in [3.05, 3.63) is 53.6 Å². The minimum atomic E-state index is -3.51. The maximum Gasteiger partial charge on any atom is 0.243 e. The van der Waals surface area contributed by atoms with Crippen LogP contribution in [0.3, 0.4) is 0 Å². The lowest BCUT2D eigenvalue weighted by atomic mass is 10.1. The molecule has 164 valence electrons. The monoisotopic (exact) mass is 461 g/mol. The Morgan fingerprint density at radius 2 is 1.61 bits per heavy atom. The summed E-state index contributed by atoms with van der Waals surface area (Å²) in [6.45, 7) is 1.37. The topological polar surface area (TPSA) is 86.8 Å². The van der Waals surface area contributed by atoms with E-state index in [4.69, 9.17) is 11.6 Å². The van der Waals surface area contributed by atoms with Gasteiger partial charge in [0.1, 0.15) is 0 Å². The zero-order valence-corrected chi connectivity index (χ0v) is 18.5. The Bertz CT molecular complexity index is 1060. The molecule has 2 aliphatic heterocycles. The summed E-state index contributed by atoms with van der Waals surface area (Å²) in [5.74, 6) is -0.873. The minimum Gasteiger partial charge on any atom is -0.326 e. The van der Waals surface area contributed by atoms with Crippen molar-refractivity contribution in [3.8, 4) is 0 Å². The molecule has 7 nitrogen and oxygen atoms in total. The summed E-state index contributed by atoms with van der Waals surface area (Å²) in [6, 6.07) is 13.1. The zero-order chi connectivity index (χ0) is 22.0. The molecule has 0 saturated carbocycles. The van der Waals surface area contributed by atoms with Gasteiger partial charge < -0.3 is 10.2 Å². The van der Waals surface area contributed by atoms with Crippen LogP contribution in [0.5, 0.6) is 0 Å². The molecular weight excluding hydrogens is 438 g/mol. The highest BCUT2D eigenvalue weighted by molar-refractivity contribution is 7.89. The maximum atomic E-state index is 12.7. The number of nitrogens with zero attached hydrogens (tertiary/aromatic N) is 2. The van der Waals surface area contributed by atoms with Gasteiger partial charge in [0.05, 0.1) is 10.8 Å². The number of amides is 2. The van der Waals surface area contributed by atoms with E-state index >= 15 is 0 Å². The van der Waals surface area contributed by atoms with E-state index in [1.165, 1.54) is 16.4 Å². The van der Waals surface area contributed by atoms with Gasteiger partial charge >= 0.3 is 0 Å². The normalized spacial score (nSPS) is 20.1. The van der Waals surface area contributed by atoms with E-state index in [1.807, 2.05) is 0 Å². The van der Waals surface area contributed by atoms with Crippen molar-refractivity contribution in [1.82, 2.24) is 4.31 Å². The number of benzene rings is 2. The van der Waals surface area contributed by atoms with E-state index in [1.54, 1.807) is 41.3 Å². The Kier molecular flexibility index (Phi) is 6.31. The number of carbonyl (C=O) groups excluding carboxylic acids is 2. The Morgan fingerprint density at radius 3 is 2.26 bits per heavy atom. The molecule has 0 radical (unpaired) electrons. The van der Waals surface area contributed by atoms with E-state index in [0.29, 0.717) is 29.5 Å². The number of carbonyl (C=O) groups is 2. The predicted molar refractivity (Wildman–Crippen MR) is 120 cm³/mol. The number of hydrogen-bond acceptors (Lipinski definition) is 4. The Balaban J connectivity index is 1.40. The van der Waals surface area contributed by atoms with Gasteiger partial charge in [0, 0.05) is 42.5 Å². The van der Waals surface area contributed by atoms with Gasteiger partial charge in [-0.2, -0.15) is 4.31 Å². The molecule has 1 N–H and O–H groups in total. The van der Waals surface area contributed by atoms with Crippen LogP contribution in [0.2, 0.25) is 5.02 Å². The van der Waals surface area contributed by atoms with Crippen molar-refractivity contribution in [2.24, 2.45) is 5.92 Å². The van der Waals surface area contributed by atoms with Crippen molar-refractivity contribution in [1.29, 1.82) is 0 Å². The number of anilines is 2. The first-order valence-electron chi connectivity index (χ1n) is 10.3. The molecule has 2 aromatic carbocycles. The van der Waals surface area contributed by atoms with Crippen LogP contribution in [0.15, 0.2) is 53.4 Å². The van der Waals surface area contributed by atoms with Crippen molar-refractivity contribution in [2.75, 3.05) is 29.9 Å². The van der Waals surface area contributed by atoms with Crippen molar-refractivity contribution in [2.45, 2.75) is 30.6 Å². The fraction of sp³-hybridized carbons (Fsp3) is 0.364. The standard InChI is InChI=1S/C22H24ClN3O4S/c23-17-4-8-19(9-5-17)26-15-16(14-21(26)27)22(28)24-18-6-10-20(11-7-18)31(29,30)25-12-2-1-3-13-25/h4-11,16H,1-3,12-15H2,(H,24,28)/t16-/m0/s1. The maximum absolute atomic E-state index is 12.7. The molecule has 4 rings (SSSR count). The smallest absolute Gasteiger partial charge is 0.243 e. The van der Waals surface area contributed by atoms with Crippen molar-refractivity contribution in [3.63, 3.8) is 0 Å². The third kappa shape index (κ3) is 4.76. The Hall–Kier alpha value is -2.42. The number of piperidine rings is 1. The molecule has 0 spiro atoms. The summed E-state index contributed by atoms with van der Waals surface area (Å²) >= 11 is 5.90. The largest absolute Gasteiger partial charge is 0.326 e. The van der Waals surface area contributed by atoms with Crippen molar-refractivity contribution >= 4 is 44.8 Å². The van der Waals surface area contributed by atoms with Crippen LogP contribution in [-0.4, -0.2) is 44.2 Å². The Morgan fingerprint density at radius 1 is 0.968 bits per heavy atom. The first kappa shape index (κ1) is 21.8. The number of sulfonamides is 1. The molecule has 1 atom stereocenters. The molecule has 2 heterocycles. The highest BCUT2D eigenvalue weighted by atomic mass is 35.5. The molecule has 2 aliphatic rings. The summed E-state index contributed by atoms with van der Waals surface area (Å²) in [6.07, 6.45) is 2.92. The third-order valence-corrected chi connectivity index (χ3v) is 7.87.